The molecule has 1 aliphatic carbocycles. The number of fused-ring (bicyclic) bond motifs is 1. The van der Waals surface area contributed by atoms with Crippen molar-refractivity contribution in [2.45, 2.75) is 25.2 Å². The van der Waals surface area contributed by atoms with E-state index in [9.17, 15) is 4.79 Å². The van der Waals surface area contributed by atoms with Crippen molar-refractivity contribution in [3.63, 3.8) is 0 Å². The Morgan fingerprint density at radius 2 is 1.85 bits per heavy atom. The summed E-state index contributed by atoms with van der Waals surface area (Å²) in [7, 11) is 0. The fraction of sp³-hybridized carbons (Fsp3) is 0.381. The molecule has 0 unspecified atom stereocenters. The standard InChI is InChI=1S/C21H22N4O2/c26-19(14-15-3-5-16(6-4-15)17-7-8-17)24-10-12-25(13-11-24)21-23-20-18(27-21)2-1-9-22-20/h1-6,9,17H,7-8,10-14H2. The van der Waals surface area contributed by atoms with Crippen LogP contribution in [0.4, 0.5) is 6.01 Å². The zero-order valence-electron chi connectivity index (χ0n) is 15.2. The minimum atomic E-state index is 0.188. The lowest BCUT2D eigenvalue weighted by atomic mass is 10.1. The third kappa shape index (κ3) is 3.39. The molecule has 0 bridgehead atoms. The van der Waals surface area contributed by atoms with Gasteiger partial charge < -0.3 is 14.2 Å². The van der Waals surface area contributed by atoms with Crippen LogP contribution >= 0.6 is 0 Å². The van der Waals surface area contributed by atoms with Crippen LogP contribution in [0.25, 0.3) is 11.2 Å². The molecule has 3 heterocycles. The molecule has 27 heavy (non-hydrogen) atoms. The number of pyridine rings is 1. The van der Waals surface area contributed by atoms with Crippen LogP contribution in [0.5, 0.6) is 0 Å². The number of carbonyl (C=O) groups excluding carboxylic acids is 1. The number of piperazine rings is 1. The van der Waals surface area contributed by atoms with Crippen molar-refractivity contribution < 1.29 is 9.21 Å². The SMILES string of the molecule is O=C(Cc1ccc(C2CC2)cc1)N1CCN(c2nc3ncccc3o2)CC1. The van der Waals surface area contributed by atoms with Gasteiger partial charge in [0.1, 0.15) is 0 Å². The number of anilines is 1. The molecule has 2 fully saturated rings. The topological polar surface area (TPSA) is 62.5 Å². The summed E-state index contributed by atoms with van der Waals surface area (Å²) in [4.78, 5) is 25.3. The van der Waals surface area contributed by atoms with Gasteiger partial charge in [-0.25, -0.2) is 4.98 Å². The lowest BCUT2D eigenvalue weighted by Gasteiger charge is -2.33. The highest BCUT2D eigenvalue weighted by molar-refractivity contribution is 5.79. The van der Waals surface area contributed by atoms with Crippen molar-refractivity contribution in [3.05, 3.63) is 53.7 Å². The van der Waals surface area contributed by atoms with E-state index in [4.69, 9.17) is 4.42 Å². The smallest absolute Gasteiger partial charge is 0.300 e. The highest BCUT2D eigenvalue weighted by Crippen LogP contribution is 2.39. The van der Waals surface area contributed by atoms with Crippen LogP contribution in [0.1, 0.15) is 29.9 Å². The summed E-state index contributed by atoms with van der Waals surface area (Å²) < 4.78 is 5.78. The van der Waals surface area contributed by atoms with E-state index in [0.717, 1.165) is 24.6 Å². The molecule has 138 valence electrons. The van der Waals surface area contributed by atoms with Gasteiger partial charge in [0.25, 0.3) is 6.01 Å². The monoisotopic (exact) mass is 362 g/mol. The summed E-state index contributed by atoms with van der Waals surface area (Å²) >= 11 is 0. The van der Waals surface area contributed by atoms with E-state index >= 15 is 0 Å². The molecule has 0 atom stereocenters. The van der Waals surface area contributed by atoms with E-state index in [0.29, 0.717) is 36.8 Å². The molecular formula is C21H22N4O2. The van der Waals surface area contributed by atoms with E-state index in [1.807, 2.05) is 17.0 Å². The van der Waals surface area contributed by atoms with Crippen LogP contribution in [0, 0.1) is 0 Å². The van der Waals surface area contributed by atoms with Gasteiger partial charge in [0.05, 0.1) is 6.42 Å². The summed E-state index contributed by atoms with van der Waals surface area (Å²) in [5.41, 5.74) is 3.82. The number of oxazole rings is 1. The van der Waals surface area contributed by atoms with Crippen LogP contribution < -0.4 is 4.90 Å². The molecule has 6 nitrogen and oxygen atoms in total. The molecule has 1 saturated carbocycles. The molecule has 2 aromatic heterocycles. The normalized spacial score (nSPS) is 17.5. The van der Waals surface area contributed by atoms with Gasteiger partial charge in [-0.3, -0.25) is 4.79 Å². The summed E-state index contributed by atoms with van der Waals surface area (Å²) in [5.74, 6) is 0.943. The molecule has 5 rings (SSSR count). The van der Waals surface area contributed by atoms with Crippen molar-refractivity contribution in [2.24, 2.45) is 0 Å². The van der Waals surface area contributed by atoms with Crippen molar-refractivity contribution in [1.82, 2.24) is 14.9 Å². The average molecular weight is 362 g/mol. The Balaban J connectivity index is 1.18. The molecule has 1 saturated heterocycles. The summed E-state index contributed by atoms with van der Waals surface area (Å²) in [6.07, 6.45) is 4.79. The van der Waals surface area contributed by atoms with Crippen molar-refractivity contribution in [1.29, 1.82) is 0 Å². The van der Waals surface area contributed by atoms with E-state index in [1.165, 1.54) is 18.4 Å². The molecule has 1 aromatic carbocycles. The van der Waals surface area contributed by atoms with Gasteiger partial charge >= 0.3 is 0 Å². The number of aromatic nitrogens is 2. The molecule has 0 N–H and O–H groups in total. The fourth-order valence-corrected chi connectivity index (χ4v) is 3.65. The van der Waals surface area contributed by atoms with Crippen molar-refractivity contribution in [2.75, 3.05) is 31.1 Å². The maximum absolute atomic E-state index is 12.6. The van der Waals surface area contributed by atoms with Crippen LogP contribution in [-0.2, 0) is 11.2 Å². The summed E-state index contributed by atoms with van der Waals surface area (Å²) in [6.45, 7) is 2.81. The number of carbonyl (C=O) groups is 1. The Morgan fingerprint density at radius 3 is 2.56 bits per heavy atom. The second-order valence-electron chi connectivity index (χ2n) is 7.38. The Bertz CT molecular complexity index is 921. The molecule has 6 heteroatoms. The third-order valence-electron chi connectivity index (χ3n) is 5.44. The zero-order valence-corrected chi connectivity index (χ0v) is 15.2. The first-order valence-corrected chi connectivity index (χ1v) is 9.59. The molecular weight excluding hydrogens is 340 g/mol. The molecule has 1 amide bonds. The lowest BCUT2D eigenvalue weighted by molar-refractivity contribution is -0.130. The van der Waals surface area contributed by atoms with E-state index in [1.54, 1.807) is 6.20 Å². The van der Waals surface area contributed by atoms with Gasteiger partial charge in [0.2, 0.25) is 11.6 Å². The first-order valence-electron chi connectivity index (χ1n) is 9.59. The van der Waals surface area contributed by atoms with Crippen molar-refractivity contribution in [3.8, 4) is 0 Å². The molecule has 1 aliphatic heterocycles. The minimum Gasteiger partial charge on any atom is -0.422 e. The van der Waals surface area contributed by atoms with E-state index in [2.05, 4.69) is 39.1 Å². The summed E-state index contributed by atoms with van der Waals surface area (Å²) in [6, 6.07) is 12.9. The van der Waals surface area contributed by atoms with Gasteiger partial charge in [-0.1, -0.05) is 24.3 Å². The first-order chi connectivity index (χ1) is 13.3. The molecule has 3 aromatic rings. The fourth-order valence-electron chi connectivity index (χ4n) is 3.65. The van der Waals surface area contributed by atoms with Crippen LogP contribution in [0.2, 0.25) is 0 Å². The number of rotatable bonds is 4. The molecule has 2 aliphatic rings. The number of hydrogen-bond acceptors (Lipinski definition) is 5. The van der Waals surface area contributed by atoms with Gasteiger partial charge in [-0.15, -0.1) is 0 Å². The first kappa shape index (κ1) is 16.3. The average Bonchev–Trinajstić information content (AvgIpc) is 3.47. The number of amides is 1. The third-order valence-corrected chi connectivity index (χ3v) is 5.44. The van der Waals surface area contributed by atoms with Gasteiger partial charge in [-0.05, 0) is 42.0 Å². The maximum Gasteiger partial charge on any atom is 0.300 e. The van der Waals surface area contributed by atoms with E-state index in [-0.39, 0.29) is 5.91 Å². The van der Waals surface area contributed by atoms with Gasteiger partial charge in [0, 0.05) is 32.4 Å². The predicted octanol–water partition coefficient (Wildman–Crippen LogP) is 2.99. The Kier molecular flexibility index (Phi) is 4.03. The van der Waals surface area contributed by atoms with Gasteiger partial charge in [-0.2, -0.15) is 4.98 Å². The largest absolute Gasteiger partial charge is 0.422 e. The highest BCUT2D eigenvalue weighted by Gasteiger charge is 2.25. The predicted molar refractivity (Wildman–Crippen MR) is 103 cm³/mol. The maximum atomic E-state index is 12.6. The number of nitrogens with zero attached hydrogens (tertiary/aromatic N) is 4. The number of benzene rings is 1. The van der Waals surface area contributed by atoms with Crippen LogP contribution in [-0.4, -0.2) is 47.0 Å². The Labute approximate surface area is 157 Å². The zero-order chi connectivity index (χ0) is 18.2. The minimum absolute atomic E-state index is 0.188. The second kappa shape index (κ2) is 6.68. The highest BCUT2D eigenvalue weighted by atomic mass is 16.4. The van der Waals surface area contributed by atoms with Crippen molar-refractivity contribution >= 4 is 23.2 Å². The number of hydrogen-bond donors (Lipinski definition) is 0. The Hall–Kier alpha value is -2.89. The Morgan fingerprint density at radius 1 is 1.07 bits per heavy atom. The second-order valence-corrected chi connectivity index (χ2v) is 7.38. The molecule has 0 spiro atoms. The van der Waals surface area contributed by atoms with Crippen LogP contribution in [0.3, 0.4) is 0 Å². The van der Waals surface area contributed by atoms with Gasteiger partial charge in [0.15, 0.2) is 5.58 Å². The summed E-state index contributed by atoms with van der Waals surface area (Å²) in [5, 5.41) is 0. The van der Waals surface area contributed by atoms with E-state index < -0.39 is 0 Å². The quantitative estimate of drug-likeness (QED) is 0.714. The van der Waals surface area contributed by atoms with Crippen LogP contribution in [0.15, 0.2) is 47.0 Å². The lowest BCUT2D eigenvalue weighted by Crippen LogP contribution is -2.49. The molecule has 0 radical (unpaired) electrons.